The molecule has 0 bridgehead atoms. The Hall–Kier alpha value is -1.56. The Bertz CT molecular complexity index is 955. The van der Waals surface area contributed by atoms with E-state index in [1.165, 1.54) is 5.56 Å². The molecule has 4 rings (SSSR count). The third-order valence-corrected chi connectivity index (χ3v) is 7.30. The number of amides is 1. The molecule has 179 valence electrons. The van der Waals surface area contributed by atoms with Crippen molar-refractivity contribution in [3.05, 3.63) is 65.2 Å². The van der Waals surface area contributed by atoms with Crippen LogP contribution in [0.5, 0.6) is 0 Å². The van der Waals surface area contributed by atoms with Crippen molar-refractivity contribution in [2.75, 3.05) is 25.0 Å². The summed E-state index contributed by atoms with van der Waals surface area (Å²) in [6.07, 6.45) is 6.13. The molecule has 1 heterocycles. The van der Waals surface area contributed by atoms with Gasteiger partial charge in [0.2, 0.25) is 0 Å². The van der Waals surface area contributed by atoms with Gasteiger partial charge in [-0.3, -0.25) is 9.59 Å². The Morgan fingerprint density at radius 2 is 1.62 bits per heavy atom. The Morgan fingerprint density at radius 3 is 2.29 bits per heavy atom. The molecule has 1 saturated carbocycles. The smallest absolute Gasteiger partial charge is 0.314 e. The van der Waals surface area contributed by atoms with Gasteiger partial charge < -0.3 is 14.5 Å². The van der Waals surface area contributed by atoms with E-state index < -0.39 is 0 Å². The van der Waals surface area contributed by atoms with E-state index in [9.17, 15) is 9.59 Å². The van der Waals surface area contributed by atoms with Crippen molar-refractivity contribution in [1.29, 1.82) is 0 Å². The number of esters is 1. The zero-order valence-corrected chi connectivity index (χ0v) is 23.4. The van der Waals surface area contributed by atoms with Gasteiger partial charge >= 0.3 is 5.97 Å². The normalized spacial score (nSPS) is 22.6. The fourth-order valence-corrected chi connectivity index (χ4v) is 5.59. The van der Waals surface area contributed by atoms with E-state index >= 15 is 0 Å². The molecule has 1 saturated heterocycles. The number of para-hydroxylation sites is 1. The molecular formula is C28H37N2O3Y+. The number of hydrogen-bond acceptors (Lipinski definition) is 3. The predicted octanol–water partition coefficient (Wildman–Crippen LogP) is 5.15. The second kappa shape index (κ2) is 12.4. The van der Waals surface area contributed by atoms with Crippen LogP contribution in [0, 0.1) is 19.8 Å². The summed E-state index contributed by atoms with van der Waals surface area (Å²) in [4.78, 5) is 26.3. The minimum absolute atomic E-state index is 0. The van der Waals surface area contributed by atoms with Crippen LogP contribution >= 0.6 is 0 Å². The van der Waals surface area contributed by atoms with Crippen molar-refractivity contribution >= 4 is 17.6 Å². The van der Waals surface area contributed by atoms with E-state index in [4.69, 9.17) is 4.74 Å². The molecule has 0 spiro atoms. The van der Waals surface area contributed by atoms with Crippen LogP contribution in [0.15, 0.2) is 48.5 Å². The van der Waals surface area contributed by atoms with Crippen LogP contribution < -0.4 is 5.32 Å². The number of carbonyl (C=O) groups excluding carboxylic acids is 2. The summed E-state index contributed by atoms with van der Waals surface area (Å²) in [5.74, 6) is -0.198. The number of benzene rings is 2. The minimum Gasteiger partial charge on any atom is -0.462 e. The molecule has 2 aromatic carbocycles. The first-order valence-corrected chi connectivity index (χ1v) is 12.4. The van der Waals surface area contributed by atoms with Crippen LogP contribution in [-0.4, -0.2) is 42.1 Å². The van der Waals surface area contributed by atoms with Crippen LogP contribution in [-0.2, 0) is 53.6 Å². The van der Waals surface area contributed by atoms with Crippen molar-refractivity contribution in [1.82, 2.24) is 0 Å². The van der Waals surface area contributed by atoms with Gasteiger partial charge in [0, 0.05) is 44.0 Å². The molecule has 1 amide bonds. The number of anilines is 1. The van der Waals surface area contributed by atoms with Crippen LogP contribution in [0.1, 0.15) is 55.2 Å². The van der Waals surface area contributed by atoms with Gasteiger partial charge in [0.25, 0.3) is 5.91 Å². The third kappa shape index (κ3) is 6.99. The molecular weight excluding hydrogens is 501 g/mol. The Labute approximate surface area is 229 Å². The molecule has 1 aliphatic carbocycles. The second-order valence-corrected chi connectivity index (χ2v) is 10.0. The summed E-state index contributed by atoms with van der Waals surface area (Å²) in [5, 5.41) is 3.17. The quantitative estimate of drug-likeness (QED) is 0.392. The van der Waals surface area contributed by atoms with Crippen LogP contribution in [0.4, 0.5) is 5.69 Å². The number of piperidine rings is 1. The molecule has 1 N–H and O–H groups in total. The van der Waals surface area contributed by atoms with Crippen molar-refractivity contribution in [2.45, 2.75) is 65.0 Å². The van der Waals surface area contributed by atoms with Crippen LogP contribution in [0.2, 0.25) is 0 Å². The monoisotopic (exact) mass is 538 g/mol. The number of ether oxygens (including phenoxy) is 1. The van der Waals surface area contributed by atoms with Crippen molar-refractivity contribution in [3.8, 4) is 0 Å². The standard InChI is InChI=1S/C28H36N2O3.Y/c1-21-10-8-11-22(2)27(21)29-26(31)20-30(18-23-12-4-3-5-13-23)17-9-14-24(19-30)28(32)33-25-15-6-7-16-25;/h3-5,8,10-13,24-25H,6-7,9,14-20H2,1-2H3;/p+1. The van der Waals surface area contributed by atoms with Gasteiger partial charge in [-0.2, -0.15) is 0 Å². The van der Waals surface area contributed by atoms with Crippen molar-refractivity contribution in [3.63, 3.8) is 0 Å². The average molecular weight is 539 g/mol. The third-order valence-electron chi connectivity index (χ3n) is 7.30. The topological polar surface area (TPSA) is 55.4 Å². The van der Waals surface area contributed by atoms with Gasteiger partial charge in [-0.1, -0.05) is 48.5 Å². The number of quaternary nitrogens is 1. The van der Waals surface area contributed by atoms with E-state index in [2.05, 4.69) is 17.4 Å². The summed E-state index contributed by atoms with van der Waals surface area (Å²) in [6, 6.07) is 16.4. The fraction of sp³-hybridized carbons (Fsp3) is 0.500. The number of likely N-dealkylation sites (tertiary alicyclic amines) is 1. The first-order valence-electron chi connectivity index (χ1n) is 12.4. The molecule has 6 heteroatoms. The summed E-state index contributed by atoms with van der Waals surface area (Å²) in [6.45, 7) is 6.69. The second-order valence-electron chi connectivity index (χ2n) is 10.0. The van der Waals surface area contributed by atoms with E-state index in [0.29, 0.717) is 17.6 Å². The molecule has 5 nitrogen and oxygen atoms in total. The zero-order valence-electron chi connectivity index (χ0n) is 20.6. The number of nitrogens with one attached hydrogen (secondary N) is 1. The van der Waals surface area contributed by atoms with Gasteiger partial charge in [0.15, 0.2) is 6.54 Å². The molecule has 2 fully saturated rings. The Morgan fingerprint density at radius 1 is 0.941 bits per heavy atom. The molecule has 2 aliphatic rings. The maximum absolute atomic E-state index is 13.3. The van der Waals surface area contributed by atoms with Gasteiger partial charge in [-0.05, 0) is 63.5 Å². The predicted molar refractivity (Wildman–Crippen MR) is 131 cm³/mol. The maximum atomic E-state index is 13.3. The number of hydrogen-bond donors (Lipinski definition) is 1. The first kappa shape index (κ1) is 27.0. The van der Waals surface area contributed by atoms with Gasteiger partial charge in [0.1, 0.15) is 18.6 Å². The Kier molecular flexibility index (Phi) is 9.88. The number of carbonyl (C=O) groups is 2. The van der Waals surface area contributed by atoms with Crippen LogP contribution in [0.3, 0.4) is 0 Å². The van der Waals surface area contributed by atoms with Crippen molar-refractivity contribution < 1.29 is 51.5 Å². The number of rotatable bonds is 7. The summed E-state index contributed by atoms with van der Waals surface area (Å²) >= 11 is 0. The van der Waals surface area contributed by atoms with Crippen molar-refractivity contribution in [2.24, 2.45) is 5.92 Å². The van der Waals surface area contributed by atoms with Gasteiger partial charge in [-0.25, -0.2) is 0 Å². The summed E-state index contributed by atoms with van der Waals surface area (Å²) in [5.41, 5.74) is 4.22. The molecule has 1 aliphatic heterocycles. The summed E-state index contributed by atoms with van der Waals surface area (Å²) in [7, 11) is 0. The first-order chi connectivity index (χ1) is 15.9. The molecule has 34 heavy (non-hydrogen) atoms. The van der Waals surface area contributed by atoms with Gasteiger partial charge in [0.05, 0.1) is 13.1 Å². The van der Waals surface area contributed by atoms with Crippen LogP contribution in [0.25, 0.3) is 0 Å². The zero-order chi connectivity index (χ0) is 23.3. The number of nitrogens with zero attached hydrogens (tertiary/aromatic N) is 1. The molecule has 2 unspecified atom stereocenters. The number of aryl methyl sites for hydroxylation is 2. The fourth-order valence-electron chi connectivity index (χ4n) is 5.59. The minimum atomic E-state index is -0.143. The van der Waals surface area contributed by atoms with E-state index in [-0.39, 0.29) is 56.6 Å². The molecule has 2 aromatic rings. The van der Waals surface area contributed by atoms with E-state index in [0.717, 1.165) is 68.4 Å². The van der Waals surface area contributed by atoms with Gasteiger partial charge in [-0.15, -0.1) is 0 Å². The summed E-state index contributed by atoms with van der Waals surface area (Å²) < 4.78 is 6.47. The van der Waals surface area contributed by atoms with E-state index in [1.54, 1.807) is 0 Å². The molecule has 2 atom stereocenters. The SMILES string of the molecule is Cc1cccc(C)c1NC(=O)C[N+]1(Cc2ccccc2)CCCC(C(=O)OC2CCCC2)C1.[Y]. The largest absolute Gasteiger partial charge is 0.462 e. The Balaban J connectivity index is 0.00000324. The average Bonchev–Trinajstić information content (AvgIpc) is 3.30. The molecule has 0 aromatic heterocycles. The maximum Gasteiger partial charge on any atom is 0.314 e. The van der Waals surface area contributed by atoms with E-state index in [1.807, 2.05) is 50.2 Å². The molecule has 1 radical (unpaired) electrons.